The van der Waals surface area contributed by atoms with Crippen molar-refractivity contribution < 1.29 is 14.6 Å². The molecular formula is C29H30N8O3. The predicted octanol–water partition coefficient (Wildman–Crippen LogP) is 2.97. The maximum absolute atomic E-state index is 12.5. The van der Waals surface area contributed by atoms with E-state index in [0.717, 1.165) is 22.1 Å². The lowest BCUT2D eigenvalue weighted by Gasteiger charge is -2.26. The van der Waals surface area contributed by atoms with E-state index in [9.17, 15) is 9.90 Å². The van der Waals surface area contributed by atoms with E-state index >= 15 is 0 Å². The van der Waals surface area contributed by atoms with Gasteiger partial charge in [-0.3, -0.25) is 9.48 Å². The van der Waals surface area contributed by atoms with Crippen LogP contribution < -0.4 is 5.73 Å². The van der Waals surface area contributed by atoms with Crippen LogP contribution in [0.5, 0.6) is 0 Å². The van der Waals surface area contributed by atoms with Crippen LogP contribution in [0.15, 0.2) is 67.3 Å². The molecule has 5 heterocycles. The van der Waals surface area contributed by atoms with E-state index in [4.69, 9.17) is 10.5 Å². The minimum Gasteiger partial charge on any atom is -0.379 e. The van der Waals surface area contributed by atoms with Crippen LogP contribution in [0.25, 0.3) is 33.4 Å². The average Bonchev–Trinajstić information content (AvgIpc) is 3.63. The van der Waals surface area contributed by atoms with Gasteiger partial charge in [-0.2, -0.15) is 5.10 Å². The molecule has 4 N–H and O–H groups in total. The number of pyridine rings is 1. The van der Waals surface area contributed by atoms with E-state index in [1.54, 1.807) is 30.1 Å². The normalized spacial score (nSPS) is 15.3. The summed E-state index contributed by atoms with van der Waals surface area (Å²) in [5.41, 5.74) is 9.64. The molecule has 5 aromatic rings. The first-order valence-corrected chi connectivity index (χ1v) is 13.2. The molecule has 0 bridgehead atoms. The van der Waals surface area contributed by atoms with Crippen molar-refractivity contribution in [3.63, 3.8) is 0 Å². The van der Waals surface area contributed by atoms with Gasteiger partial charge < -0.3 is 25.5 Å². The third-order valence-electron chi connectivity index (χ3n) is 7.27. The molecule has 1 saturated heterocycles. The second-order valence-electron chi connectivity index (χ2n) is 9.99. The molecule has 1 amide bonds. The summed E-state index contributed by atoms with van der Waals surface area (Å²) in [6, 6.07) is 13.1. The molecule has 0 radical (unpaired) electrons. The van der Waals surface area contributed by atoms with Crippen molar-refractivity contribution in [1.82, 2.24) is 34.6 Å². The zero-order chi connectivity index (χ0) is 27.7. The maximum Gasteiger partial charge on any atom is 0.224 e. The fourth-order valence-electron chi connectivity index (χ4n) is 4.95. The number of hydrogen-bond donors (Lipinski definition) is 3. The zero-order valence-electron chi connectivity index (χ0n) is 22.1. The number of benzene rings is 1. The fourth-order valence-corrected chi connectivity index (χ4v) is 4.95. The number of aromatic amines is 1. The molecule has 1 aliphatic rings. The monoisotopic (exact) mass is 538 g/mol. The second-order valence-corrected chi connectivity index (χ2v) is 9.99. The highest BCUT2D eigenvalue weighted by atomic mass is 16.5. The number of nitrogen functional groups attached to an aromatic ring is 1. The standard InChI is InChI=1S/C29H30N8O3/c1-29(39,21-5-3-2-4-6-21)25-14-24(34-28(30)35-25)23-17-32-27-22(23)13-19(15-31-27)20-16-33-37(18-20)8-7-26(38)36-9-11-40-12-10-36/h2-6,13-18,39H,7-12H2,1H3,(H,31,32)(H2,30,34,35). The van der Waals surface area contributed by atoms with Gasteiger partial charge in [0.2, 0.25) is 11.9 Å². The first kappa shape index (κ1) is 25.7. The van der Waals surface area contributed by atoms with Gasteiger partial charge in [0.05, 0.1) is 30.8 Å². The fraction of sp³-hybridized carbons (Fsp3) is 0.276. The molecule has 0 aliphatic carbocycles. The lowest BCUT2D eigenvalue weighted by atomic mass is 9.91. The number of nitrogens with two attached hydrogens (primary N) is 1. The van der Waals surface area contributed by atoms with Crippen LogP contribution >= 0.6 is 0 Å². The number of morpholine rings is 1. The second kappa shape index (κ2) is 10.5. The number of amides is 1. The molecule has 204 valence electrons. The number of hydrogen-bond acceptors (Lipinski definition) is 8. The number of carbonyl (C=O) groups excluding carboxylic acids is 1. The molecule has 1 unspecified atom stereocenters. The Labute approximate surface area is 230 Å². The Kier molecular flexibility index (Phi) is 6.74. The van der Waals surface area contributed by atoms with Crippen LogP contribution in [0.1, 0.15) is 24.6 Å². The SMILES string of the molecule is CC(O)(c1ccccc1)c1cc(-c2c[nH]c3ncc(-c4cnn(CCC(=O)N5CCOCC5)c4)cc23)nc(N)n1. The van der Waals surface area contributed by atoms with Crippen molar-refractivity contribution in [2.45, 2.75) is 25.5 Å². The Bertz CT molecular complexity index is 1650. The minimum atomic E-state index is -1.36. The summed E-state index contributed by atoms with van der Waals surface area (Å²) >= 11 is 0. The number of fused-ring (bicyclic) bond motifs is 1. The molecule has 1 aliphatic heterocycles. The van der Waals surface area contributed by atoms with Crippen LogP contribution in [0.4, 0.5) is 5.95 Å². The van der Waals surface area contributed by atoms with Gasteiger partial charge in [0.15, 0.2) is 0 Å². The largest absolute Gasteiger partial charge is 0.379 e. The number of aryl methyl sites for hydroxylation is 1. The molecular weight excluding hydrogens is 508 g/mol. The first-order chi connectivity index (χ1) is 19.4. The third kappa shape index (κ3) is 5.04. The Morgan fingerprint density at radius 3 is 2.73 bits per heavy atom. The number of ether oxygens (including phenoxy) is 1. The Balaban J connectivity index is 1.26. The molecule has 11 nitrogen and oxygen atoms in total. The van der Waals surface area contributed by atoms with E-state index in [1.165, 1.54) is 0 Å². The van der Waals surface area contributed by atoms with Crippen LogP contribution in [0.2, 0.25) is 0 Å². The van der Waals surface area contributed by atoms with E-state index in [-0.39, 0.29) is 11.9 Å². The number of anilines is 1. The average molecular weight is 539 g/mol. The molecule has 6 rings (SSSR count). The van der Waals surface area contributed by atoms with E-state index in [0.29, 0.717) is 61.9 Å². The summed E-state index contributed by atoms with van der Waals surface area (Å²) in [7, 11) is 0. The van der Waals surface area contributed by atoms with Gasteiger partial charge in [0, 0.05) is 66.7 Å². The van der Waals surface area contributed by atoms with Crippen LogP contribution in [0.3, 0.4) is 0 Å². The van der Waals surface area contributed by atoms with Gasteiger partial charge in [0.25, 0.3) is 0 Å². The Morgan fingerprint density at radius 1 is 1.12 bits per heavy atom. The number of nitrogens with one attached hydrogen (secondary N) is 1. The highest BCUT2D eigenvalue weighted by molar-refractivity contribution is 5.95. The van der Waals surface area contributed by atoms with Crippen LogP contribution in [-0.2, 0) is 21.7 Å². The van der Waals surface area contributed by atoms with Gasteiger partial charge in [0.1, 0.15) is 11.2 Å². The van der Waals surface area contributed by atoms with Crippen molar-refractivity contribution in [1.29, 1.82) is 0 Å². The summed E-state index contributed by atoms with van der Waals surface area (Å²) < 4.78 is 7.10. The number of H-pyrrole nitrogens is 1. The minimum absolute atomic E-state index is 0.0649. The third-order valence-corrected chi connectivity index (χ3v) is 7.27. The molecule has 4 aromatic heterocycles. The summed E-state index contributed by atoms with van der Waals surface area (Å²) in [4.78, 5) is 31.0. The first-order valence-electron chi connectivity index (χ1n) is 13.2. The van der Waals surface area contributed by atoms with Gasteiger partial charge in [-0.1, -0.05) is 30.3 Å². The summed E-state index contributed by atoms with van der Waals surface area (Å²) in [6.07, 6.45) is 7.67. The van der Waals surface area contributed by atoms with E-state index in [2.05, 4.69) is 25.0 Å². The van der Waals surface area contributed by atoms with Gasteiger partial charge in [-0.05, 0) is 24.6 Å². The van der Waals surface area contributed by atoms with E-state index < -0.39 is 5.60 Å². The van der Waals surface area contributed by atoms with Crippen LogP contribution in [-0.4, -0.2) is 71.9 Å². The van der Waals surface area contributed by atoms with Gasteiger partial charge in [-0.25, -0.2) is 15.0 Å². The van der Waals surface area contributed by atoms with E-state index in [1.807, 2.05) is 53.7 Å². The maximum atomic E-state index is 12.5. The highest BCUT2D eigenvalue weighted by Gasteiger charge is 2.29. The predicted molar refractivity (Wildman–Crippen MR) is 150 cm³/mol. The lowest BCUT2D eigenvalue weighted by Crippen LogP contribution is -2.40. The zero-order valence-corrected chi connectivity index (χ0v) is 22.1. The smallest absolute Gasteiger partial charge is 0.224 e. The van der Waals surface area contributed by atoms with Crippen molar-refractivity contribution in [3.8, 4) is 22.4 Å². The Morgan fingerprint density at radius 2 is 1.93 bits per heavy atom. The Hall–Kier alpha value is -4.61. The van der Waals surface area contributed by atoms with Crippen molar-refractivity contribution in [3.05, 3.63) is 78.5 Å². The number of carbonyl (C=O) groups is 1. The van der Waals surface area contributed by atoms with Gasteiger partial charge in [-0.15, -0.1) is 0 Å². The molecule has 1 aromatic carbocycles. The molecule has 1 fully saturated rings. The summed E-state index contributed by atoms with van der Waals surface area (Å²) in [5.74, 6) is 0.171. The molecule has 1 atom stereocenters. The molecule has 0 spiro atoms. The van der Waals surface area contributed by atoms with Crippen molar-refractivity contribution in [2.75, 3.05) is 32.0 Å². The molecule has 0 saturated carbocycles. The number of rotatable bonds is 7. The quantitative estimate of drug-likeness (QED) is 0.286. The highest BCUT2D eigenvalue weighted by Crippen LogP contribution is 2.34. The van der Waals surface area contributed by atoms with Gasteiger partial charge >= 0.3 is 0 Å². The number of aliphatic hydroxyl groups is 1. The summed E-state index contributed by atoms with van der Waals surface area (Å²) in [5, 5.41) is 16.7. The molecule has 40 heavy (non-hydrogen) atoms. The van der Waals surface area contributed by atoms with Crippen molar-refractivity contribution in [2.24, 2.45) is 0 Å². The number of aromatic nitrogens is 6. The van der Waals surface area contributed by atoms with Crippen molar-refractivity contribution >= 4 is 22.9 Å². The molecule has 11 heteroatoms. The lowest BCUT2D eigenvalue weighted by molar-refractivity contribution is -0.135. The number of nitrogens with zero attached hydrogens (tertiary/aromatic N) is 6. The van der Waals surface area contributed by atoms with Crippen LogP contribution in [0, 0.1) is 0 Å². The topological polar surface area (TPSA) is 148 Å². The summed E-state index contributed by atoms with van der Waals surface area (Å²) in [6.45, 7) is 4.63.